The summed E-state index contributed by atoms with van der Waals surface area (Å²) >= 11 is 0. The quantitative estimate of drug-likeness (QED) is 0.779. The van der Waals surface area contributed by atoms with Gasteiger partial charge in [0.2, 0.25) is 0 Å². The van der Waals surface area contributed by atoms with Crippen LogP contribution in [-0.4, -0.2) is 14.6 Å². The molecule has 0 atom stereocenters. The minimum atomic E-state index is -0.236. The second kappa shape index (κ2) is 4.78. The normalized spacial score (nSPS) is 11.1. The molecule has 0 saturated carbocycles. The lowest BCUT2D eigenvalue weighted by atomic mass is 10.1. The standard InChI is InChI=1S/C14H13FN4/c15-12-6-2-1-4-10(12)8-13-17-14-7-3-5-11(9-16)19(14)18-13/h1-7H,8-9,16H2. The van der Waals surface area contributed by atoms with Crippen molar-refractivity contribution in [1.82, 2.24) is 14.6 Å². The molecule has 2 heterocycles. The highest BCUT2D eigenvalue weighted by Gasteiger charge is 2.09. The molecule has 0 saturated heterocycles. The fraction of sp³-hybridized carbons (Fsp3) is 0.143. The lowest BCUT2D eigenvalue weighted by Gasteiger charge is -1.99. The molecule has 3 aromatic rings. The van der Waals surface area contributed by atoms with Gasteiger partial charge in [-0.05, 0) is 23.8 Å². The largest absolute Gasteiger partial charge is 0.325 e. The van der Waals surface area contributed by atoms with Gasteiger partial charge < -0.3 is 5.73 Å². The number of nitrogens with two attached hydrogens (primary N) is 1. The zero-order chi connectivity index (χ0) is 13.2. The van der Waals surface area contributed by atoms with Crippen molar-refractivity contribution in [3.63, 3.8) is 0 Å². The van der Waals surface area contributed by atoms with Gasteiger partial charge in [-0.2, -0.15) is 5.10 Å². The van der Waals surface area contributed by atoms with Crippen molar-refractivity contribution in [2.24, 2.45) is 5.73 Å². The molecule has 0 aliphatic rings. The van der Waals surface area contributed by atoms with Gasteiger partial charge in [-0.3, -0.25) is 0 Å². The van der Waals surface area contributed by atoms with E-state index in [-0.39, 0.29) is 5.82 Å². The van der Waals surface area contributed by atoms with Gasteiger partial charge in [0.15, 0.2) is 11.5 Å². The van der Waals surface area contributed by atoms with E-state index >= 15 is 0 Å². The summed E-state index contributed by atoms with van der Waals surface area (Å²) < 4.78 is 15.3. The van der Waals surface area contributed by atoms with Crippen LogP contribution in [0.4, 0.5) is 4.39 Å². The van der Waals surface area contributed by atoms with Crippen molar-refractivity contribution < 1.29 is 4.39 Å². The van der Waals surface area contributed by atoms with Crippen LogP contribution in [0.5, 0.6) is 0 Å². The van der Waals surface area contributed by atoms with Gasteiger partial charge >= 0.3 is 0 Å². The fourth-order valence-electron chi connectivity index (χ4n) is 2.05. The summed E-state index contributed by atoms with van der Waals surface area (Å²) in [6.45, 7) is 0.389. The first-order chi connectivity index (χ1) is 9.28. The molecule has 0 aliphatic carbocycles. The molecule has 19 heavy (non-hydrogen) atoms. The summed E-state index contributed by atoms with van der Waals surface area (Å²) in [5.74, 6) is 0.353. The molecule has 0 unspecified atom stereocenters. The van der Waals surface area contributed by atoms with Crippen molar-refractivity contribution in [2.75, 3.05) is 0 Å². The predicted octanol–water partition coefficient (Wildman–Crippen LogP) is 1.92. The van der Waals surface area contributed by atoms with E-state index in [1.54, 1.807) is 22.7 Å². The van der Waals surface area contributed by atoms with Crippen molar-refractivity contribution in [2.45, 2.75) is 13.0 Å². The van der Waals surface area contributed by atoms with Crippen LogP contribution in [0.25, 0.3) is 5.65 Å². The maximum absolute atomic E-state index is 13.6. The van der Waals surface area contributed by atoms with E-state index in [0.29, 0.717) is 24.4 Å². The third kappa shape index (κ3) is 2.20. The Labute approximate surface area is 109 Å². The summed E-state index contributed by atoms with van der Waals surface area (Å²) in [6, 6.07) is 12.3. The van der Waals surface area contributed by atoms with Gasteiger partial charge in [0, 0.05) is 13.0 Å². The first-order valence-electron chi connectivity index (χ1n) is 6.05. The third-order valence-electron chi connectivity index (χ3n) is 3.00. The van der Waals surface area contributed by atoms with Crippen LogP contribution >= 0.6 is 0 Å². The van der Waals surface area contributed by atoms with Gasteiger partial charge in [0.05, 0.1) is 5.69 Å². The predicted molar refractivity (Wildman–Crippen MR) is 70.1 cm³/mol. The fourth-order valence-corrected chi connectivity index (χ4v) is 2.05. The zero-order valence-corrected chi connectivity index (χ0v) is 10.3. The summed E-state index contributed by atoms with van der Waals surface area (Å²) in [5.41, 5.74) is 7.85. The molecule has 0 radical (unpaired) electrons. The molecule has 96 valence electrons. The molecule has 3 rings (SSSR count). The molecule has 0 spiro atoms. The van der Waals surface area contributed by atoms with E-state index in [4.69, 9.17) is 5.73 Å². The Morgan fingerprint density at radius 1 is 1.11 bits per heavy atom. The summed E-state index contributed by atoms with van der Waals surface area (Å²) in [6.07, 6.45) is 0.373. The first-order valence-corrected chi connectivity index (χ1v) is 6.05. The molecular formula is C14H13FN4. The lowest BCUT2D eigenvalue weighted by Crippen LogP contribution is -2.04. The number of fused-ring (bicyclic) bond motifs is 1. The van der Waals surface area contributed by atoms with E-state index < -0.39 is 0 Å². The Morgan fingerprint density at radius 3 is 2.74 bits per heavy atom. The third-order valence-corrected chi connectivity index (χ3v) is 3.00. The van der Waals surface area contributed by atoms with Crippen molar-refractivity contribution in [1.29, 1.82) is 0 Å². The van der Waals surface area contributed by atoms with Gasteiger partial charge in [0.25, 0.3) is 0 Å². The Balaban J connectivity index is 2.00. The molecule has 1 aromatic carbocycles. The van der Waals surface area contributed by atoms with Crippen LogP contribution in [0.2, 0.25) is 0 Å². The molecule has 0 bridgehead atoms. The highest BCUT2D eigenvalue weighted by Crippen LogP contribution is 2.12. The molecule has 4 nitrogen and oxygen atoms in total. The Morgan fingerprint density at radius 2 is 1.95 bits per heavy atom. The highest BCUT2D eigenvalue weighted by molar-refractivity contribution is 5.39. The first kappa shape index (κ1) is 11.8. The number of pyridine rings is 1. The monoisotopic (exact) mass is 256 g/mol. The zero-order valence-electron chi connectivity index (χ0n) is 10.3. The Kier molecular flexibility index (Phi) is 2.97. The second-order valence-electron chi connectivity index (χ2n) is 4.29. The van der Waals surface area contributed by atoms with Crippen LogP contribution in [0, 0.1) is 5.82 Å². The molecule has 0 aliphatic heterocycles. The van der Waals surface area contributed by atoms with Crippen LogP contribution in [0.3, 0.4) is 0 Å². The van der Waals surface area contributed by atoms with Gasteiger partial charge in [-0.25, -0.2) is 13.9 Å². The van der Waals surface area contributed by atoms with E-state index in [9.17, 15) is 4.39 Å². The average molecular weight is 256 g/mol. The summed E-state index contributed by atoms with van der Waals surface area (Å²) in [5, 5.41) is 4.38. The van der Waals surface area contributed by atoms with Crippen LogP contribution in [0.1, 0.15) is 17.1 Å². The maximum atomic E-state index is 13.6. The number of hydrogen-bond acceptors (Lipinski definition) is 3. The smallest absolute Gasteiger partial charge is 0.156 e. The molecule has 5 heteroatoms. The average Bonchev–Trinajstić information content (AvgIpc) is 2.83. The van der Waals surface area contributed by atoms with E-state index in [1.165, 1.54) is 6.07 Å². The molecule has 0 fully saturated rings. The number of halogens is 1. The molecule has 2 N–H and O–H groups in total. The Bertz CT molecular complexity index is 720. The van der Waals surface area contributed by atoms with Crippen molar-refractivity contribution >= 4 is 5.65 Å². The van der Waals surface area contributed by atoms with Crippen molar-refractivity contribution in [3.8, 4) is 0 Å². The van der Waals surface area contributed by atoms with Crippen LogP contribution in [0.15, 0.2) is 42.5 Å². The van der Waals surface area contributed by atoms with Crippen LogP contribution < -0.4 is 5.73 Å². The summed E-state index contributed by atoms with van der Waals surface area (Å²) in [7, 11) is 0. The topological polar surface area (TPSA) is 56.2 Å². The highest BCUT2D eigenvalue weighted by atomic mass is 19.1. The van der Waals surface area contributed by atoms with E-state index in [0.717, 1.165) is 11.3 Å². The second-order valence-corrected chi connectivity index (χ2v) is 4.29. The van der Waals surface area contributed by atoms with Gasteiger partial charge in [0.1, 0.15) is 5.82 Å². The van der Waals surface area contributed by atoms with Gasteiger partial charge in [-0.1, -0.05) is 24.3 Å². The van der Waals surface area contributed by atoms with Crippen LogP contribution in [-0.2, 0) is 13.0 Å². The minimum absolute atomic E-state index is 0.236. The van der Waals surface area contributed by atoms with E-state index in [2.05, 4.69) is 10.1 Å². The van der Waals surface area contributed by atoms with Gasteiger partial charge in [-0.15, -0.1) is 0 Å². The maximum Gasteiger partial charge on any atom is 0.156 e. The number of nitrogens with zero attached hydrogens (tertiary/aromatic N) is 3. The molecular weight excluding hydrogens is 243 g/mol. The molecule has 0 amide bonds. The van der Waals surface area contributed by atoms with Crippen molar-refractivity contribution in [3.05, 3.63) is 65.4 Å². The minimum Gasteiger partial charge on any atom is -0.325 e. The Hall–Kier alpha value is -2.27. The SMILES string of the molecule is NCc1cccc2nc(Cc3ccccc3F)nn12. The number of rotatable bonds is 3. The summed E-state index contributed by atoms with van der Waals surface area (Å²) in [4.78, 5) is 4.39. The number of aromatic nitrogens is 3. The van der Waals surface area contributed by atoms with E-state index in [1.807, 2.05) is 18.2 Å². The lowest BCUT2D eigenvalue weighted by molar-refractivity contribution is 0.612. The number of hydrogen-bond donors (Lipinski definition) is 1. The molecule has 2 aromatic heterocycles. The number of benzene rings is 1.